The van der Waals surface area contributed by atoms with Crippen molar-refractivity contribution in [1.29, 1.82) is 0 Å². The van der Waals surface area contributed by atoms with E-state index < -0.39 is 0 Å². The minimum absolute atomic E-state index is 0.289. The number of hydrogen-bond donors (Lipinski definition) is 3. The monoisotopic (exact) mass is 341 g/mol. The summed E-state index contributed by atoms with van der Waals surface area (Å²) in [5.74, 6) is 0.726. The summed E-state index contributed by atoms with van der Waals surface area (Å²) in [6.45, 7) is 2.76. The predicted octanol–water partition coefficient (Wildman–Crippen LogP) is 3.12. The van der Waals surface area contributed by atoms with Crippen molar-refractivity contribution in [2.24, 2.45) is 0 Å². The van der Waals surface area contributed by atoms with Crippen LogP contribution in [0.5, 0.6) is 11.5 Å². The predicted molar refractivity (Wildman–Crippen MR) is 94.5 cm³/mol. The third-order valence-electron chi connectivity index (χ3n) is 3.68. The van der Waals surface area contributed by atoms with Crippen LogP contribution in [0.25, 0.3) is 0 Å². The van der Waals surface area contributed by atoms with Crippen molar-refractivity contribution in [2.75, 3.05) is 30.9 Å². The Morgan fingerprint density at radius 2 is 2.00 bits per heavy atom. The molecule has 130 valence electrons. The standard InChI is InChI=1S/C18H19N3O4/c1-11-3-5-16-14(9-11)21-17(22)13-10-12(4-6-15(13)25-16)20-18(23)19-7-8-24-2/h3-6,9-10H,7-8H2,1-2H3,(H,21,22)(H2,19,20,23). The highest BCUT2D eigenvalue weighted by Crippen LogP contribution is 2.37. The Morgan fingerprint density at radius 3 is 2.80 bits per heavy atom. The Balaban J connectivity index is 1.79. The second-order valence-electron chi connectivity index (χ2n) is 5.64. The zero-order chi connectivity index (χ0) is 17.8. The van der Waals surface area contributed by atoms with Gasteiger partial charge in [0.15, 0.2) is 5.75 Å². The molecule has 0 unspecified atom stereocenters. The summed E-state index contributed by atoms with van der Waals surface area (Å²) in [6, 6.07) is 10.1. The van der Waals surface area contributed by atoms with E-state index in [1.807, 2.05) is 25.1 Å². The largest absolute Gasteiger partial charge is 0.454 e. The Kier molecular flexibility index (Phi) is 4.85. The summed E-state index contributed by atoms with van der Waals surface area (Å²) >= 11 is 0. The van der Waals surface area contributed by atoms with Crippen LogP contribution in [-0.2, 0) is 4.74 Å². The summed E-state index contributed by atoms with van der Waals surface area (Å²) in [5, 5.41) is 8.16. The average molecular weight is 341 g/mol. The maximum Gasteiger partial charge on any atom is 0.319 e. The fourth-order valence-corrected chi connectivity index (χ4v) is 2.45. The van der Waals surface area contributed by atoms with Crippen molar-refractivity contribution >= 4 is 23.3 Å². The van der Waals surface area contributed by atoms with Crippen LogP contribution in [0.2, 0.25) is 0 Å². The smallest absolute Gasteiger partial charge is 0.319 e. The molecule has 1 heterocycles. The number of nitrogens with one attached hydrogen (secondary N) is 3. The molecule has 0 saturated heterocycles. The molecule has 1 aliphatic heterocycles. The summed E-state index contributed by atoms with van der Waals surface area (Å²) in [4.78, 5) is 24.3. The van der Waals surface area contributed by atoms with Crippen molar-refractivity contribution < 1.29 is 19.1 Å². The first-order valence-electron chi connectivity index (χ1n) is 7.84. The topological polar surface area (TPSA) is 88.7 Å². The number of amides is 3. The number of benzene rings is 2. The van der Waals surface area contributed by atoms with Crippen molar-refractivity contribution in [3.8, 4) is 11.5 Å². The first-order chi connectivity index (χ1) is 12.1. The van der Waals surface area contributed by atoms with Gasteiger partial charge in [0.25, 0.3) is 5.91 Å². The molecule has 0 spiro atoms. The number of hydrogen-bond acceptors (Lipinski definition) is 4. The van der Waals surface area contributed by atoms with Crippen LogP contribution in [0.1, 0.15) is 15.9 Å². The molecule has 0 aromatic heterocycles. The first-order valence-corrected chi connectivity index (χ1v) is 7.84. The molecule has 3 N–H and O–H groups in total. The molecule has 0 radical (unpaired) electrons. The zero-order valence-corrected chi connectivity index (χ0v) is 14.0. The molecule has 0 atom stereocenters. The molecular weight excluding hydrogens is 322 g/mol. The molecule has 0 aliphatic carbocycles. The lowest BCUT2D eigenvalue weighted by molar-refractivity contribution is 0.102. The molecule has 1 aliphatic rings. The van der Waals surface area contributed by atoms with E-state index in [-0.39, 0.29) is 11.9 Å². The number of aryl methyl sites for hydroxylation is 1. The molecule has 3 rings (SSSR count). The van der Waals surface area contributed by atoms with Gasteiger partial charge in [-0.1, -0.05) is 6.07 Å². The number of carbonyl (C=O) groups is 2. The normalized spacial score (nSPS) is 12.2. The van der Waals surface area contributed by atoms with E-state index in [1.54, 1.807) is 25.3 Å². The van der Waals surface area contributed by atoms with Gasteiger partial charge in [0.05, 0.1) is 17.9 Å². The van der Waals surface area contributed by atoms with E-state index in [4.69, 9.17) is 9.47 Å². The summed E-state index contributed by atoms with van der Waals surface area (Å²) in [5.41, 5.74) is 2.48. The number of anilines is 2. The van der Waals surface area contributed by atoms with Crippen LogP contribution in [0, 0.1) is 6.92 Å². The molecule has 3 amide bonds. The van der Waals surface area contributed by atoms with Crippen LogP contribution in [0.15, 0.2) is 36.4 Å². The van der Waals surface area contributed by atoms with E-state index >= 15 is 0 Å². The second kappa shape index (κ2) is 7.23. The fourth-order valence-electron chi connectivity index (χ4n) is 2.45. The van der Waals surface area contributed by atoms with E-state index in [0.717, 1.165) is 5.56 Å². The molecule has 0 saturated carbocycles. The molecule has 0 bridgehead atoms. The Hall–Kier alpha value is -3.06. The van der Waals surface area contributed by atoms with Gasteiger partial charge in [0.2, 0.25) is 0 Å². The zero-order valence-electron chi connectivity index (χ0n) is 14.0. The first kappa shape index (κ1) is 16.8. The second-order valence-corrected chi connectivity index (χ2v) is 5.64. The van der Waals surface area contributed by atoms with E-state index in [1.165, 1.54) is 0 Å². The lowest BCUT2D eigenvalue weighted by Crippen LogP contribution is -2.31. The maximum absolute atomic E-state index is 12.5. The van der Waals surface area contributed by atoms with Gasteiger partial charge in [-0.3, -0.25) is 4.79 Å². The third-order valence-corrected chi connectivity index (χ3v) is 3.68. The summed E-state index contributed by atoms with van der Waals surface area (Å²) in [6.07, 6.45) is 0. The minimum Gasteiger partial charge on any atom is -0.454 e. The lowest BCUT2D eigenvalue weighted by Gasteiger charge is -2.10. The van der Waals surface area contributed by atoms with Crippen molar-refractivity contribution in [2.45, 2.75) is 6.92 Å². The minimum atomic E-state index is -0.370. The molecule has 25 heavy (non-hydrogen) atoms. The van der Waals surface area contributed by atoms with Gasteiger partial charge in [0, 0.05) is 19.3 Å². The molecule has 2 aromatic carbocycles. The Labute approximate surface area is 145 Å². The van der Waals surface area contributed by atoms with Crippen LogP contribution < -0.4 is 20.7 Å². The van der Waals surface area contributed by atoms with Gasteiger partial charge in [0.1, 0.15) is 5.75 Å². The SMILES string of the molecule is COCCNC(=O)Nc1ccc2c(c1)C(=O)Nc1cc(C)ccc1O2. The number of rotatable bonds is 4. The Bertz CT molecular complexity index is 820. The highest BCUT2D eigenvalue weighted by atomic mass is 16.5. The quantitative estimate of drug-likeness (QED) is 0.746. The van der Waals surface area contributed by atoms with Crippen LogP contribution in [0.4, 0.5) is 16.2 Å². The number of ether oxygens (including phenoxy) is 2. The van der Waals surface area contributed by atoms with Gasteiger partial charge in [-0.15, -0.1) is 0 Å². The van der Waals surface area contributed by atoms with Crippen LogP contribution in [0.3, 0.4) is 0 Å². The van der Waals surface area contributed by atoms with E-state index in [2.05, 4.69) is 16.0 Å². The number of carbonyl (C=O) groups excluding carboxylic acids is 2. The molecule has 7 heteroatoms. The molecule has 7 nitrogen and oxygen atoms in total. The van der Waals surface area contributed by atoms with Gasteiger partial charge in [-0.2, -0.15) is 0 Å². The van der Waals surface area contributed by atoms with Crippen molar-refractivity contribution in [3.05, 3.63) is 47.5 Å². The van der Waals surface area contributed by atoms with Gasteiger partial charge in [-0.05, 0) is 42.8 Å². The molecular formula is C18H19N3O4. The maximum atomic E-state index is 12.5. The summed E-state index contributed by atoms with van der Waals surface area (Å²) in [7, 11) is 1.56. The third kappa shape index (κ3) is 3.89. The Morgan fingerprint density at radius 1 is 1.20 bits per heavy atom. The van der Waals surface area contributed by atoms with Crippen LogP contribution >= 0.6 is 0 Å². The van der Waals surface area contributed by atoms with Gasteiger partial charge >= 0.3 is 6.03 Å². The number of urea groups is 1. The summed E-state index contributed by atoms with van der Waals surface area (Å²) < 4.78 is 10.7. The van der Waals surface area contributed by atoms with Gasteiger partial charge < -0.3 is 25.4 Å². The molecule has 0 fully saturated rings. The highest BCUT2D eigenvalue weighted by Gasteiger charge is 2.21. The van der Waals surface area contributed by atoms with Gasteiger partial charge in [-0.25, -0.2) is 4.79 Å². The lowest BCUT2D eigenvalue weighted by atomic mass is 10.1. The van der Waals surface area contributed by atoms with Crippen LogP contribution in [-0.4, -0.2) is 32.2 Å². The number of fused-ring (bicyclic) bond motifs is 2. The van der Waals surface area contributed by atoms with Crippen molar-refractivity contribution in [1.82, 2.24) is 5.32 Å². The average Bonchev–Trinajstić information content (AvgIpc) is 2.71. The van der Waals surface area contributed by atoms with Crippen molar-refractivity contribution in [3.63, 3.8) is 0 Å². The fraction of sp³-hybridized carbons (Fsp3) is 0.222. The number of methoxy groups -OCH3 is 1. The highest BCUT2D eigenvalue weighted by molar-refractivity contribution is 6.09. The molecule has 2 aromatic rings. The van der Waals surface area contributed by atoms with E-state index in [9.17, 15) is 9.59 Å². The van der Waals surface area contributed by atoms with E-state index in [0.29, 0.717) is 41.6 Å².